The number of aromatic nitrogens is 1. The molecule has 4 nitrogen and oxygen atoms in total. The van der Waals surface area contributed by atoms with E-state index in [1.165, 1.54) is 24.2 Å². The van der Waals surface area contributed by atoms with Gasteiger partial charge in [0.15, 0.2) is 5.13 Å². The van der Waals surface area contributed by atoms with Gasteiger partial charge in [0, 0.05) is 18.5 Å². The molecule has 1 aliphatic rings. The summed E-state index contributed by atoms with van der Waals surface area (Å²) in [7, 11) is 1.88. The van der Waals surface area contributed by atoms with Crippen molar-refractivity contribution in [1.29, 1.82) is 0 Å². The van der Waals surface area contributed by atoms with Crippen LogP contribution in [-0.4, -0.2) is 28.9 Å². The summed E-state index contributed by atoms with van der Waals surface area (Å²) in [6, 6.07) is 0.350. The number of nitrogens with zero attached hydrogens (tertiary/aromatic N) is 2. The highest BCUT2D eigenvalue weighted by Gasteiger charge is 2.32. The highest BCUT2D eigenvalue weighted by molar-refractivity contribution is 7.13. The number of carbonyl (C=O) groups is 1. The summed E-state index contributed by atoms with van der Waals surface area (Å²) in [5.74, 6) is 0.833. The zero-order valence-electron chi connectivity index (χ0n) is 9.64. The Morgan fingerprint density at radius 2 is 2.44 bits per heavy atom. The Hall–Kier alpha value is -1.10. The zero-order chi connectivity index (χ0) is 11.7. The van der Waals surface area contributed by atoms with Crippen LogP contribution in [0.3, 0.4) is 0 Å². The molecule has 16 heavy (non-hydrogen) atoms. The maximum absolute atomic E-state index is 11.9. The summed E-state index contributed by atoms with van der Waals surface area (Å²) in [5, 5.41) is 2.38. The summed E-state index contributed by atoms with van der Waals surface area (Å²) >= 11 is 1.38. The molecule has 0 radical (unpaired) electrons. The molecule has 2 N–H and O–H groups in total. The molecule has 0 saturated heterocycles. The molecule has 0 aromatic carbocycles. The lowest BCUT2D eigenvalue weighted by atomic mass is 10.2. The molecule has 1 fully saturated rings. The summed E-state index contributed by atoms with van der Waals surface area (Å²) < 4.78 is 0. The van der Waals surface area contributed by atoms with Crippen molar-refractivity contribution in [2.24, 2.45) is 5.92 Å². The summed E-state index contributed by atoms with van der Waals surface area (Å²) in [5.41, 5.74) is 6.31. The maximum atomic E-state index is 11.9. The van der Waals surface area contributed by atoms with Gasteiger partial charge in [-0.2, -0.15) is 0 Å². The van der Waals surface area contributed by atoms with Crippen molar-refractivity contribution < 1.29 is 4.79 Å². The minimum absolute atomic E-state index is 0.129. The summed E-state index contributed by atoms with van der Waals surface area (Å²) in [4.78, 5) is 17.9. The Labute approximate surface area is 99.5 Å². The van der Waals surface area contributed by atoms with Crippen LogP contribution in [0.2, 0.25) is 0 Å². The van der Waals surface area contributed by atoms with Crippen molar-refractivity contribution in [3.05, 3.63) is 11.1 Å². The fourth-order valence-electron chi connectivity index (χ4n) is 1.81. The molecule has 1 atom stereocenters. The number of hydrogen-bond donors (Lipinski definition) is 1. The second-order valence-electron chi connectivity index (χ2n) is 4.44. The van der Waals surface area contributed by atoms with Gasteiger partial charge in [0.25, 0.3) is 0 Å². The molecule has 1 saturated carbocycles. The lowest BCUT2D eigenvalue weighted by molar-refractivity contribution is -0.131. The van der Waals surface area contributed by atoms with Crippen LogP contribution in [0.25, 0.3) is 0 Å². The lowest BCUT2D eigenvalue weighted by Gasteiger charge is -2.24. The highest BCUT2D eigenvalue weighted by Crippen LogP contribution is 2.34. The third kappa shape index (κ3) is 2.52. The molecule has 0 spiro atoms. The topological polar surface area (TPSA) is 59.2 Å². The van der Waals surface area contributed by atoms with Crippen LogP contribution in [0.5, 0.6) is 0 Å². The Bertz CT molecular complexity index is 386. The van der Waals surface area contributed by atoms with Gasteiger partial charge >= 0.3 is 0 Å². The molecule has 2 rings (SSSR count). The number of nitrogen functional groups attached to an aromatic ring is 1. The van der Waals surface area contributed by atoms with E-state index >= 15 is 0 Å². The number of anilines is 1. The van der Waals surface area contributed by atoms with E-state index in [0.717, 1.165) is 5.69 Å². The predicted molar refractivity (Wildman–Crippen MR) is 65.2 cm³/mol. The smallest absolute Gasteiger partial charge is 0.228 e. The number of carbonyl (C=O) groups excluding carboxylic acids is 1. The van der Waals surface area contributed by atoms with E-state index in [1.807, 2.05) is 17.3 Å². The fraction of sp³-hybridized carbons (Fsp3) is 0.636. The van der Waals surface area contributed by atoms with Crippen molar-refractivity contribution in [1.82, 2.24) is 9.88 Å². The molecule has 5 heteroatoms. The van der Waals surface area contributed by atoms with Gasteiger partial charge in [0.1, 0.15) is 0 Å². The first-order chi connectivity index (χ1) is 7.58. The largest absolute Gasteiger partial charge is 0.375 e. The molecule has 1 aromatic heterocycles. The van der Waals surface area contributed by atoms with Crippen molar-refractivity contribution in [2.45, 2.75) is 32.2 Å². The zero-order valence-corrected chi connectivity index (χ0v) is 10.5. The molecule has 1 amide bonds. The normalized spacial score (nSPS) is 17.1. The van der Waals surface area contributed by atoms with Crippen LogP contribution in [0.4, 0.5) is 5.13 Å². The van der Waals surface area contributed by atoms with Crippen LogP contribution in [0.15, 0.2) is 5.38 Å². The third-order valence-electron chi connectivity index (χ3n) is 3.21. The number of hydrogen-bond acceptors (Lipinski definition) is 4. The molecular formula is C11H17N3OS. The predicted octanol–water partition coefficient (Wildman–Crippen LogP) is 1.52. The van der Waals surface area contributed by atoms with Crippen LogP contribution < -0.4 is 5.73 Å². The number of likely N-dealkylation sites (N-methyl/N-ethyl adjacent to an activating group) is 1. The summed E-state index contributed by atoms with van der Waals surface area (Å²) in [6.45, 7) is 2.12. The summed E-state index contributed by atoms with van der Waals surface area (Å²) in [6.07, 6.45) is 2.87. The quantitative estimate of drug-likeness (QED) is 0.866. The molecular weight excluding hydrogens is 222 g/mol. The molecule has 1 heterocycles. The highest BCUT2D eigenvalue weighted by atomic mass is 32.1. The van der Waals surface area contributed by atoms with Crippen molar-refractivity contribution >= 4 is 22.4 Å². The molecule has 1 aromatic rings. The Balaban J connectivity index is 1.91. The Morgan fingerprint density at radius 1 is 1.75 bits per heavy atom. The first-order valence-electron chi connectivity index (χ1n) is 5.53. The van der Waals surface area contributed by atoms with E-state index in [4.69, 9.17) is 5.73 Å². The molecule has 0 aliphatic heterocycles. The van der Waals surface area contributed by atoms with Gasteiger partial charge in [-0.25, -0.2) is 4.98 Å². The van der Waals surface area contributed by atoms with E-state index in [-0.39, 0.29) is 5.91 Å². The standard InChI is InChI=1S/C11H17N3OS/c1-7(8-3-4-8)14(2)10(15)5-9-6-16-11(12)13-9/h6-8H,3-5H2,1-2H3,(H2,12,13). The van der Waals surface area contributed by atoms with Gasteiger partial charge in [-0.1, -0.05) is 0 Å². The average molecular weight is 239 g/mol. The van der Waals surface area contributed by atoms with E-state index < -0.39 is 0 Å². The third-order valence-corrected chi connectivity index (χ3v) is 3.93. The average Bonchev–Trinajstić information content (AvgIpc) is 3.02. The van der Waals surface area contributed by atoms with Gasteiger partial charge in [0.2, 0.25) is 5.91 Å². The molecule has 1 unspecified atom stereocenters. The number of thiazole rings is 1. The van der Waals surface area contributed by atoms with E-state index in [2.05, 4.69) is 11.9 Å². The minimum Gasteiger partial charge on any atom is -0.375 e. The number of rotatable bonds is 4. The van der Waals surface area contributed by atoms with Gasteiger partial charge in [0.05, 0.1) is 12.1 Å². The first kappa shape index (κ1) is 11.4. The monoisotopic (exact) mass is 239 g/mol. The van der Waals surface area contributed by atoms with Crippen LogP contribution in [0.1, 0.15) is 25.5 Å². The van der Waals surface area contributed by atoms with Crippen molar-refractivity contribution in [3.8, 4) is 0 Å². The van der Waals surface area contributed by atoms with Crippen molar-refractivity contribution in [3.63, 3.8) is 0 Å². The number of nitrogens with two attached hydrogens (primary N) is 1. The molecule has 0 bridgehead atoms. The van der Waals surface area contributed by atoms with Gasteiger partial charge in [-0.05, 0) is 25.7 Å². The second-order valence-corrected chi connectivity index (χ2v) is 5.33. The van der Waals surface area contributed by atoms with E-state index in [1.54, 1.807) is 0 Å². The molecule has 1 aliphatic carbocycles. The minimum atomic E-state index is 0.129. The van der Waals surface area contributed by atoms with Gasteiger partial charge in [-0.15, -0.1) is 11.3 Å². The van der Waals surface area contributed by atoms with Crippen LogP contribution in [-0.2, 0) is 11.2 Å². The lowest BCUT2D eigenvalue weighted by Crippen LogP contribution is -2.37. The number of amides is 1. The Kier molecular flexibility index (Phi) is 3.14. The SMILES string of the molecule is CC(C1CC1)N(C)C(=O)Cc1csc(N)n1. The molecule has 88 valence electrons. The second kappa shape index (κ2) is 4.41. The van der Waals surface area contributed by atoms with Crippen LogP contribution >= 0.6 is 11.3 Å². The Morgan fingerprint density at radius 3 is 2.94 bits per heavy atom. The van der Waals surface area contributed by atoms with Gasteiger partial charge < -0.3 is 10.6 Å². The van der Waals surface area contributed by atoms with Crippen LogP contribution in [0, 0.1) is 5.92 Å². The fourth-order valence-corrected chi connectivity index (χ4v) is 2.37. The van der Waals surface area contributed by atoms with Gasteiger partial charge in [-0.3, -0.25) is 4.79 Å². The first-order valence-corrected chi connectivity index (χ1v) is 6.41. The van der Waals surface area contributed by atoms with Crippen molar-refractivity contribution in [2.75, 3.05) is 12.8 Å². The van der Waals surface area contributed by atoms with E-state index in [0.29, 0.717) is 23.5 Å². The van der Waals surface area contributed by atoms with E-state index in [9.17, 15) is 4.79 Å². The maximum Gasteiger partial charge on any atom is 0.228 e.